The van der Waals surface area contributed by atoms with Crippen LogP contribution in [0, 0.1) is 23.7 Å². The first-order valence-corrected chi connectivity index (χ1v) is 12.6. The Kier molecular flexibility index (Phi) is 11.4. The lowest BCUT2D eigenvalue weighted by molar-refractivity contribution is -0.124. The molecule has 2 heteroatoms. The Bertz CT molecular complexity index is 455. The molecule has 0 spiro atoms. The first-order valence-electron chi connectivity index (χ1n) is 12.6. The molecule has 28 heavy (non-hydrogen) atoms. The highest BCUT2D eigenvalue weighted by Gasteiger charge is 2.31. The predicted molar refractivity (Wildman–Crippen MR) is 118 cm³/mol. The van der Waals surface area contributed by atoms with Crippen LogP contribution in [-0.2, 0) is 9.59 Å². The standard InChI is InChI=1S/C26H46O2/c1-3-11-21(2)12-10-18-25(27)17-8-9-19-26(28)24-16-7-5-14-22-13-4-6-15-23(22)20-24/h21-24H,3-20H2,1-2H3. The lowest BCUT2D eigenvalue weighted by Crippen LogP contribution is -2.27. The van der Waals surface area contributed by atoms with E-state index in [9.17, 15) is 9.59 Å². The molecule has 0 N–H and O–H groups in total. The molecule has 0 radical (unpaired) electrons. The lowest BCUT2D eigenvalue weighted by atomic mass is 9.69. The summed E-state index contributed by atoms with van der Waals surface area (Å²) in [6, 6.07) is 0. The van der Waals surface area contributed by atoms with Crippen LogP contribution in [0.5, 0.6) is 0 Å². The summed E-state index contributed by atoms with van der Waals surface area (Å²) in [5, 5.41) is 0. The number of carbonyl (C=O) groups excluding carboxylic acids is 2. The number of carbonyl (C=O) groups is 2. The molecular weight excluding hydrogens is 344 g/mol. The number of unbranched alkanes of at least 4 members (excludes halogenated alkanes) is 1. The summed E-state index contributed by atoms with van der Waals surface area (Å²) in [7, 11) is 0. The van der Waals surface area contributed by atoms with E-state index in [0.717, 1.165) is 49.9 Å². The maximum absolute atomic E-state index is 12.8. The fourth-order valence-electron chi connectivity index (χ4n) is 5.78. The topological polar surface area (TPSA) is 34.1 Å². The van der Waals surface area contributed by atoms with Gasteiger partial charge in [-0.05, 0) is 49.9 Å². The highest BCUT2D eigenvalue weighted by atomic mass is 16.1. The van der Waals surface area contributed by atoms with Gasteiger partial charge in [0.05, 0.1) is 0 Å². The van der Waals surface area contributed by atoms with Crippen molar-refractivity contribution in [3.63, 3.8) is 0 Å². The van der Waals surface area contributed by atoms with Crippen molar-refractivity contribution in [2.75, 3.05) is 0 Å². The molecule has 4 atom stereocenters. The average Bonchev–Trinajstić information content (AvgIpc) is 2.66. The number of Topliss-reactive ketones (excluding diaryl/α,β-unsaturated/α-hetero) is 2. The van der Waals surface area contributed by atoms with E-state index in [1.807, 2.05) is 0 Å². The highest BCUT2D eigenvalue weighted by molar-refractivity contribution is 5.81. The summed E-state index contributed by atoms with van der Waals surface area (Å²) < 4.78 is 0. The summed E-state index contributed by atoms with van der Waals surface area (Å²) in [6.07, 6.45) is 20.5. The summed E-state index contributed by atoms with van der Waals surface area (Å²) >= 11 is 0. The zero-order valence-corrected chi connectivity index (χ0v) is 18.9. The van der Waals surface area contributed by atoms with Gasteiger partial charge in [-0.2, -0.15) is 0 Å². The van der Waals surface area contributed by atoms with Crippen molar-refractivity contribution in [1.29, 1.82) is 0 Å². The second-order valence-corrected chi connectivity index (χ2v) is 10.0. The van der Waals surface area contributed by atoms with Crippen LogP contribution >= 0.6 is 0 Å². The number of hydrogen-bond donors (Lipinski definition) is 0. The van der Waals surface area contributed by atoms with Gasteiger partial charge < -0.3 is 0 Å². The molecule has 0 aromatic carbocycles. The number of fused-ring (bicyclic) bond motifs is 1. The number of hydrogen-bond acceptors (Lipinski definition) is 2. The van der Waals surface area contributed by atoms with Crippen LogP contribution in [0.25, 0.3) is 0 Å². The first kappa shape index (κ1) is 23.6. The minimum Gasteiger partial charge on any atom is -0.300 e. The van der Waals surface area contributed by atoms with E-state index in [1.54, 1.807) is 0 Å². The van der Waals surface area contributed by atoms with Crippen molar-refractivity contribution in [3.05, 3.63) is 0 Å². The third kappa shape index (κ3) is 8.78. The van der Waals surface area contributed by atoms with E-state index in [0.29, 0.717) is 30.3 Å². The van der Waals surface area contributed by atoms with Gasteiger partial charge in [0.2, 0.25) is 0 Å². The van der Waals surface area contributed by atoms with Gasteiger partial charge in [-0.1, -0.05) is 78.1 Å². The van der Waals surface area contributed by atoms with Gasteiger partial charge in [-0.3, -0.25) is 9.59 Å². The van der Waals surface area contributed by atoms with Crippen molar-refractivity contribution < 1.29 is 9.59 Å². The minimum atomic E-state index is 0.321. The summed E-state index contributed by atoms with van der Waals surface area (Å²) in [4.78, 5) is 24.9. The average molecular weight is 391 g/mol. The molecular formula is C26H46O2. The van der Waals surface area contributed by atoms with Gasteiger partial charge in [0.15, 0.2) is 0 Å². The van der Waals surface area contributed by atoms with Gasteiger partial charge in [0.1, 0.15) is 11.6 Å². The van der Waals surface area contributed by atoms with Gasteiger partial charge in [0, 0.05) is 25.2 Å². The van der Waals surface area contributed by atoms with Gasteiger partial charge in [-0.25, -0.2) is 0 Å². The Morgan fingerprint density at radius 3 is 2.11 bits per heavy atom. The van der Waals surface area contributed by atoms with E-state index in [4.69, 9.17) is 0 Å². The Morgan fingerprint density at radius 1 is 0.786 bits per heavy atom. The van der Waals surface area contributed by atoms with E-state index < -0.39 is 0 Å². The first-order chi connectivity index (χ1) is 13.6. The van der Waals surface area contributed by atoms with Crippen LogP contribution in [0.4, 0.5) is 0 Å². The summed E-state index contributed by atoms with van der Waals surface area (Å²) in [5.74, 6) is 3.71. The fraction of sp³-hybridized carbons (Fsp3) is 0.923. The quantitative estimate of drug-likeness (QED) is 0.320. The number of ketones is 2. The van der Waals surface area contributed by atoms with E-state index in [2.05, 4.69) is 13.8 Å². The van der Waals surface area contributed by atoms with Crippen LogP contribution in [0.3, 0.4) is 0 Å². The molecule has 2 aliphatic carbocycles. The Balaban J connectivity index is 1.60. The molecule has 4 unspecified atom stereocenters. The maximum atomic E-state index is 12.8. The molecule has 2 saturated carbocycles. The molecule has 162 valence electrons. The zero-order valence-electron chi connectivity index (χ0n) is 18.9. The lowest BCUT2D eigenvalue weighted by Gasteiger charge is -2.36. The van der Waals surface area contributed by atoms with Crippen LogP contribution in [0.1, 0.15) is 129 Å². The third-order valence-electron chi connectivity index (χ3n) is 7.55. The molecule has 2 fully saturated rings. The van der Waals surface area contributed by atoms with Crippen molar-refractivity contribution in [2.24, 2.45) is 23.7 Å². The zero-order chi connectivity index (χ0) is 20.2. The molecule has 2 aliphatic rings. The second-order valence-electron chi connectivity index (χ2n) is 10.0. The maximum Gasteiger partial charge on any atom is 0.135 e. The van der Waals surface area contributed by atoms with Crippen LogP contribution in [0.15, 0.2) is 0 Å². The molecule has 0 saturated heterocycles. The Morgan fingerprint density at radius 2 is 1.39 bits per heavy atom. The number of rotatable bonds is 12. The molecule has 0 heterocycles. The van der Waals surface area contributed by atoms with Crippen LogP contribution in [-0.4, -0.2) is 11.6 Å². The van der Waals surface area contributed by atoms with E-state index >= 15 is 0 Å². The van der Waals surface area contributed by atoms with E-state index in [1.165, 1.54) is 70.6 Å². The van der Waals surface area contributed by atoms with Crippen LogP contribution in [0.2, 0.25) is 0 Å². The monoisotopic (exact) mass is 390 g/mol. The molecule has 2 nitrogen and oxygen atoms in total. The van der Waals surface area contributed by atoms with E-state index in [-0.39, 0.29) is 0 Å². The SMILES string of the molecule is CCCC(C)CCCC(=O)CCCCC(=O)C1CCCCC2CCCCC2C1. The van der Waals surface area contributed by atoms with Crippen molar-refractivity contribution in [2.45, 2.75) is 129 Å². The third-order valence-corrected chi connectivity index (χ3v) is 7.55. The fourth-order valence-corrected chi connectivity index (χ4v) is 5.78. The Hall–Kier alpha value is -0.660. The molecule has 0 amide bonds. The van der Waals surface area contributed by atoms with Gasteiger partial charge >= 0.3 is 0 Å². The Labute approximate surface area is 174 Å². The van der Waals surface area contributed by atoms with Crippen LogP contribution < -0.4 is 0 Å². The smallest absolute Gasteiger partial charge is 0.135 e. The summed E-state index contributed by atoms with van der Waals surface area (Å²) in [6.45, 7) is 4.53. The second kappa shape index (κ2) is 13.5. The van der Waals surface area contributed by atoms with Gasteiger partial charge in [0.25, 0.3) is 0 Å². The molecule has 0 aliphatic heterocycles. The predicted octanol–water partition coefficient (Wildman–Crippen LogP) is 7.68. The largest absolute Gasteiger partial charge is 0.300 e. The highest BCUT2D eigenvalue weighted by Crippen LogP contribution is 2.40. The minimum absolute atomic E-state index is 0.321. The van der Waals surface area contributed by atoms with Crippen molar-refractivity contribution >= 4 is 11.6 Å². The molecule has 2 rings (SSSR count). The molecule has 0 aromatic heterocycles. The van der Waals surface area contributed by atoms with Crippen molar-refractivity contribution in [3.8, 4) is 0 Å². The normalized spacial score (nSPS) is 26.7. The van der Waals surface area contributed by atoms with Gasteiger partial charge in [-0.15, -0.1) is 0 Å². The van der Waals surface area contributed by atoms with Crippen molar-refractivity contribution in [1.82, 2.24) is 0 Å². The summed E-state index contributed by atoms with van der Waals surface area (Å²) in [5.41, 5.74) is 0. The molecule has 0 bridgehead atoms. The molecule has 0 aromatic rings.